The smallest absolute Gasteiger partial charge is 0.124 e. The van der Waals surface area contributed by atoms with E-state index in [4.69, 9.17) is 15.7 Å². The van der Waals surface area contributed by atoms with E-state index in [9.17, 15) is 4.39 Å². The highest BCUT2D eigenvalue weighted by Gasteiger charge is 2.09. The number of ether oxygens (including phenoxy) is 1. The topological polar surface area (TPSA) is 59.0 Å². The van der Waals surface area contributed by atoms with Crippen LogP contribution < -0.4 is 10.5 Å². The number of aryl methyl sites for hydroxylation is 1. The second-order valence-corrected chi connectivity index (χ2v) is 5.08. The number of nitrogens with zero attached hydrogens (tertiary/aromatic N) is 1. The normalized spacial score (nSPS) is 11.8. The Morgan fingerprint density at radius 3 is 2.71 bits per heavy atom. The molecule has 4 heteroatoms. The average Bonchev–Trinajstić information content (AvgIpc) is 2.45. The molecule has 0 heterocycles. The van der Waals surface area contributed by atoms with Gasteiger partial charge in [0.25, 0.3) is 0 Å². The molecule has 21 heavy (non-hydrogen) atoms. The average molecular weight is 284 g/mol. The van der Waals surface area contributed by atoms with Crippen LogP contribution in [0, 0.1) is 24.1 Å². The maximum Gasteiger partial charge on any atom is 0.124 e. The molecule has 2 rings (SSSR count). The fourth-order valence-corrected chi connectivity index (χ4v) is 2.11. The van der Waals surface area contributed by atoms with Crippen LogP contribution in [0.3, 0.4) is 0 Å². The minimum Gasteiger partial charge on any atom is -0.489 e. The summed E-state index contributed by atoms with van der Waals surface area (Å²) < 4.78 is 19.1. The molecule has 0 saturated heterocycles. The zero-order valence-electron chi connectivity index (χ0n) is 12.1. The Balaban J connectivity index is 2.21. The van der Waals surface area contributed by atoms with E-state index in [1.54, 1.807) is 6.07 Å². The number of halogens is 1. The predicted octanol–water partition coefficient (Wildman–Crippen LogP) is 3.60. The number of rotatable bonds is 4. The van der Waals surface area contributed by atoms with Crippen LogP contribution in [0.1, 0.15) is 35.2 Å². The molecule has 0 amide bonds. The van der Waals surface area contributed by atoms with Gasteiger partial charge in [0.2, 0.25) is 0 Å². The van der Waals surface area contributed by atoms with Crippen LogP contribution in [0.2, 0.25) is 0 Å². The van der Waals surface area contributed by atoms with Gasteiger partial charge >= 0.3 is 0 Å². The summed E-state index contributed by atoms with van der Waals surface area (Å²) in [7, 11) is 0. The van der Waals surface area contributed by atoms with Crippen LogP contribution in [-0.2, 0) is 6.61 Å². The SMILES string of the molecule is Cc1ccc(OCc2cc(F)cc(C#N)c2)c([C@H](C)N)c1. The van der Waals surface area contributed by atoms with Crippen molar-refractivity contribution in [2.75, 3.05) is 0 Å². The molecule has 2 aromatic rings. The van der Waals surface area contributed by atoms with Gasteiger partial charge in [-0.15, -0.1) is 0 Å². The molecular weight excluding hydrogens is 267 g/mol. The van der Waals surface area contributed by atoms with Gasteiger partial charge in [-0.3, -0.25) is 0 Å². The van der Waals surface area contributed by atoms with Crippen molar-refractivity contribution in [3.63, 3.8) is 0 Å². The largest absolute Gasteiger partial charge is 0.489 e. The molecule has 0 spiro atoms. The van der Waals surface area contributed by atoms with Crippen molar-refractivity contribution < 1.29 is 9.13 Å². The summed E-state index contributed by atoms with van der Waals surface area (Å²) in [6, 6.07) is 11.7. The first-order valence-electron chi connectivity index (χ1n) is 6.68. The van der Waals surface area contributed by atoms with Crippen LogP contribution in [0.4, 0.5) is 4.39 Å². The molecule has 2 N–H and O–H groups in total. The standard InChI is InChI=1S/C17H17FN2O/c1-11-3-4-17(16(5-11)12(2)20)21-10-14-6-13(9-19)7-15(18)8-14/h3-8,12H,10,20H2,1-2H3/t12-/m0/s1. The Hall–Kier alpha value is -2.38. The molecule has 3 nitrogen and oxygen atoms in total. The first kappa shape index (κ1) is 15.0. The van der Waals surface area contributed by atoms with Crippen molar-refractivity contribution >= 4 is 0 Å². The Bertz CT molecular complexity index is 690. The monoisotopic (exact) mass is 284 g/mol. The third-order valence-corrected chi connectivity index (χ3v) is 3.14. The number of benzene rings is 2. The quantitative estimate of drug-likeness (QED) is 0.933. The number of hydrogen-bond acceptors (Lipinski definition) is 3. The van der Waals surface area contributed by atoms with Crippen LogP contribution in [0.15, 0.2) is 36.4 Å². The van der Waals surface area contributed by atoms with E-state index in [1.807, 2.05) is 38.1 Å². The molecule has 0 bridgehead atoms. The van der Waals surface area contributed by atoms with E-state index >= 15 is 0 Å². The Kier molecular flexibility index (Phi) is 4.56. The van der Waals surface area contributed by atoms with E-state index in [1.165, 1.54) is 12.1 Å². The van der Waals surface area contributed by atoms with Crippen LogP contribution in [0.25, 0.3) is 0 Å². The maximum atomic E-state index is 13.4. The van der Waals surface area contributed by atoms with Crippen LogP contribution in [-0.4, -0.2) is 0 Å². The second kappa shape index (κ2) is 6.38. The summed E-state index contributed by atoms with van der Waals surface area (Å²) in [5.74, 6) is 0.238. The van der Waals surface area contributed by atoms with E-state index in [-0.39, 0.29) is 18.2 Å². The Morgan fingerprint density at radius 2 is 2.05 bits per heavy atom. The Morgan fingerprint density at radius 1 is 1.29 bits per heavy atom. The first-order valence-corrected chi connectivity index (χ1v) is 6.68. The molecule has 0 aliphatic rings. The van der Waals surface area contributed by atoms with Gasteiger partial charge in [-0.05, 0) is 43.7 Å². The number of nitriles is 1. The summed E-state index contributed by atoms with van der Waals surface area (Å²) in [5, 5.41) is 8.85. The lowest BCUT2D eigenvalue weighted by Gasteiger charge is -2.15. The molecule has 0 unspecified atom stereocenters. The van der Waals surface area contributed by atoms with Gasteiger partial charge < -0.3 is 10.5 Å². The highest BCUT2D eigenvalue weighted by molar-refractivity contribution is 5.39. The van der Waals surface area contributed by atoms with Crippen molar-refractivity contribution in [3.8, 4) is 11.8 Å². The Labute approximate surface area is 123 Å². The lowest BCUT2D eigenvalue weighted by Crippen LogP contribution is -2.08. The molecular formula is C17H17FN2O. The van der Waals surface area contributed by atoms with E-state index in [0.29, 0.717) is 11.3 Å². The minimum atomic E-state index is -0.441. The molecule has 1 atom stereocenters. The molecule has 2 aromatic carbocycles. The van der Waals surface area contributed by atoms with Crippen molar-refractivity contribution in [2.45, 2.75) is 26.5 Å². The molecule has 0 aliphatic carbocycles. The van der Waals surface area contributed by atoms with Crippen molar-refractivity contribution in [1.82, 2.24) is 0 Å². The number of nitrogens with two attached hydrogens (primary N) is 1. The summed E-state index contributed by atoms with van der Waals surface area (Å²) in [4.78, 5) is 0. The lowest BCUT2D eigenvalue weighted by atomic mass is 10.1. The molecule has 0 aliphatic heterocycles. The van der Waals surface area contributed by atoms with Crippen molar-refractivity contribution in [1.29, 1.82) is 5.26 Å². The zero-order chi connectivity index (χ0) is 15.4. The van der Waals surface area contributed by atoms with E-state index in [2.05, 4.69) is 0 Å². The predicted molar refractivity (Wildman–Crippen MR) is 79.2 cm³/mol. The van der Waals surface area contributed by atoms with Gasteiger partial charge in [-0.25, -0.2) is 4.39 Å². The highest BCUT2D eigenvalue weighted by Crippen LogP contribution is 2.26. The van der Waals surface area contributed by atoms with Crippen molar-refractivity contribution in [3.05, 3.63) is 64.5 Å². The summed E-state index contributed by atoms with van der Waals surface area (Å²) >= 11 is 0. The second-order valence-electron chi connectivity index (χ2n) is 5.08. The number of hydrogen-bond donors (Lipinski definition) is 1. The highest BCUT2D eigenvalue weighted by atomic mass is 19.1. The molecule has 0 fully saturated rings. The van der Waals surface area contributed by atoms with Gasteiger partial charge in [-0.2, -0.15) is 5.26 Å². The summed E-state index contributed by atoms with van der Waals surface area (Å²) in [6.45, 7) is 4.06. The van der Waals surface area contributed by atoms with Gasteiger partial charge in [0.15, 0.2) is 0 Å². The third kappa shape index (κ3) is 3.80. The summed E-state index contributed by atoms with van der Waals surface area (Å²) in [6.07, 6.45) is 0. The molecule has 0 radical (unpaired) electrons. The first-order chi connectivity index (χ1) is 9.99. The van der Waals surface area contributed by atoms with Gasteiger partial charge in [0.1, 0.15) is 18.2 Å². The third-order valence-electron chi connectivity index (χ3n) is 3.14. The van der Waals surface area contributed by atoms with Crippen molar-refractivity contribution in [2.24, 2.45) is 5.73 Å². The fourth-order valence-electron chi connectivity index (χ4n) is 2.11. The van der Waals surface area contributed by atoms with Crippen LogP contribution in [0.5, 0.6) is 5.75 Å². The maximum absolute atomic E-state index is 13.4. The van der Waals surface area contributed by atoms with Gasteiger partial charge in [0.05, 0.1) is 11.6 Å². The zero-order valence-corrected chi connectivity index (χ0v) is 12.1. The summed E-state index contributed by atoms with van der Waals surface area (Å²) in [5.41, 5.74) is 8.85. The molecule has 0 aromatic heterocycles. The van der Waals surface area contributed by atoms with Gasteiger partial charge in [0, 0.05) is 11.6 Å². The molecule has 108 valence electrons. The fraction of sp³-hybridized carbons (Fsp3) is 0.235. The van der Waals surface area contributed by atoms with E-state index in [0.717, 1.165) is 11.1 Å². The molecule has 0 saturated carbocycles. The lowest BCUT2D eigenvalue weighted by molar-refractivity contribution is 0.301. The van der Waals surface area contributed by atoms with Crippen LogP contribution >= 0.6 is 0 Å². The minimum absolute atomic E-state index is 0.151. The van der Waals surface area contributed by atoms with Gasteiger partial charge in [-0.1, -0.05) is 17.7 Å². The van der Waals surface area contributed by atoms with E-state index < -0.39 is 5.82 Å².